The summed E-state index contributed by atoms with van der Waals surface area (Å²) in [6.07, 6.45) is 4.15. The molecule has 5 rings (SSSR count). The molecule has 0 saturated carbocycles. The van der Waals surface area contributed by atoms with Crippen LogP contribution in [0.2, 0.25) is 0 Å². The van der Waals surface area contributed by atoms with Gasteiger partial charge in [-0.05, 0) is 80.0 Å². The number of aromatic nitrogens is 3. The van der Waals surface area contributed by atoms with Gasteiger partial charge in [-0.2, -0.15) is 0 Å². The SMILES string of the molecule is CC[C@H]1OC(=O)[C@H](C)C(=O)[C@H](C)C(OC2O[C@H](C)C[C@H](N(C)C)[C@H]2O)[C@@](C)(OC)C[C@@H](C)C(=O)[C@H](C)[C@H]2N(CCCCn3cnc(-c4cnccc4OC)c3)C(=O)O[C@]12C. The number of cyclic esters (lactones) is 1. The second kappa shape index (κ2) is 19.4. The lowest BCUT2D eigenvalue weighted by molar-refractivity contribution is -0.295. The van der Waals surface area contributed by atoms with Crippen LogP contribution in [0, 0.1) is 23.7 Å². The highest BCUT2D eigenvalue weighted by molar-refractivity contribution is 6.00. The molecule has 0 aliphatic carbocycles. The molecular formula is C44H67N5O11. The van der Waals surface area contributed by atoms with Gasteiger partial charge >= 0.3 is 12.1 Å². The number of unbranched alkanes of at least 4 members (excludes halogenated alkanes) is 1. The molecular weight excluding hydrogens is 775 g/mol. The third kappa shape index (κ3) is 9.57. The van der Waals surface area contributed by atoms with Crippen LogP contribution in [0.3, 0.4) is 0 Å². The Labute approximate surface area is 354 Å². The maximum absolute atomic E-state index is 14.7. The number of likely N-dealkylation sites (N-methyl/N-ethyl adjacent to an activating group) is 1. The normalized spacial score (nSPS) is 35.8. The quantitative estimate of drug-likeness (QED) is 0.173. The van der Waals surface area contributed by atoms with Crippen molar-refractivity contribution in [2.24, 2.45) is 23.7 Å². The lowest BCUT2D eigenvalue weighted by atomic mass is 9.73. The molecule has 334 valence electrons. The number of nitrogens with zero attached hydrogens (tertiary/aromatic N) is 5. The molecule has 16 nitrogen and oxygen atoms in total. The van der Waals surface area contributed by atoms with Crippen molar-refractivity contribution >= 4 is 23.6 Å². The van der Waals surface area contributed by atoms with Gasteiger partial charge in [0.15, 0.2) is 17.7 Å². The predicted molar refractivity (Wildman–Crippen MR) is 221 cm³/mol. The molecule has 13 atom stereocenters. The number of amides is 1. The lowest BCUT2D eigenvalue weighted by Crippen LogP contribution is -2.60. The van der Waals surface area contributed by atoms with Crippen LogP contribution >= 0.6 is 0 Å². The average molecular weight is 842 g/mol. The van der Waals surface area contributed by atoms with Gasteiger partial charge in [0.25, 0.3) is 0 Å². The van der Waals surface area contributed by atoms with Crippen molar-refractivity contribution in [1.82, 2.24) is 24.3 Å². The van der Waals surface area contributed by atoms with E-state index in [2.05, 4.69) is 9.97 Å². The van der Waals surface area contributed by atoms with Crippen LogP contribution in [0.25, 0.3) is 11.3 Å². The number of carbonyl (C=O) groups is 4. The first kappa shape index (κ1) is 47.1. The van der Waals surface area contributed by atoms with Crippen molar-refractivity contribution in [2.75, 3.05) is 34.9 Å². The second-order valence-electron chi connectivity index (χ2n) is 17.7. The molecule has 2 unspecified atom stereocenters. The van der Waals surface area contributed by atoms with Crippen molar-refractivity contribution in [1.29, 1.82) is 0 Å². The van der Waals surface area contributed by atoms with E-state index in [1.807, 2.05) is 43.6 Å². The number of fused-ring (bicyclic) bond motifs is 1. The van der Waals surface area contributed by atoms with Gasteiger partial charge in [-0.15, -0.1) is 0 Å². The summed E-state index contributed by atoms with van der Waals surface area (Å²) in [5.41, 5.74) is -1.19. The van der Waals surface area contributed by atoms with Crippen molar-refractivity contribution in [3.63, 3.8) is 0 Å². The third-order valence-electron chi connectivity index (χ3n) is 13.1. The molecule has 1 N–H and O–H groups in total. The van der Waals surface area contributed by atoms with Gasteiger partial charge in [0.05, 0.1) is 48.5 Å². The highest BCUT2D eigenvalue weighted by atomic mass is 16.7. The number of hydrogen-bond donors (Lipinski definition) is 1. The summed E-state index contributed by atoms with van der Waals surface area (Å²) in [6, 6.07) is 0.689. The van der Waals surface area contributed by atoms with E-state index in [4.69, 9.17) is 28.4 Å². The van der Waals surface area contributed by atoms with Gasteiger partial charge in [0.1, 0.15) is 29.7 Å². The molecule has 0 bridgehead atoms. The molecule has 60 heavy (non-hydrogen) atoms. The summed E-state index contributed by atoms with van der Waals surface area (Å²) in [5.74, 6) is -4.34. The number of aryl methyl sites for hydroxylation is 1. The zero-order chi connectivity index (χ0) is 44.3. The fourth-order valence-electron chi connectivity index (χ4n) is 9.66. The van der Waals surface area contributed by atoms with Crippen molar-refractivity contribution in [3.05, 3.63) is 31.0 Å². The highest BCUT2D eigenvalue weighted by Crippen LogP contribution is 2.43. The number of pyridine rings is 1. The van der Waals surface area contributed by atoms with E-state index in [0.29, 0.717) is 31.6 Å². The number of aliphatic hydroxyl groups excluding tert-OH is 1. The first-order chi connectivity index (χ1) is 28.3. The van der Waals surface area contributed by atoms with Crippen molar-refractivity contribution < 1.29 is 52.7 Å². The summed E-state index contributed by atoms with van der Waals surface area (Å²) in [7, 11) is 6.83. The molecule has 1 amide bonds. The largest absolute Gasteiger partial charge is 0.496 e. The summed E-state index contributed by atoms with van der Waals surface area (Å²) < 4.78 is 38.7. The Hall–Kier alpha value is -3.96. The minimum atomic E-state index is -1.42. The van der Waals surface area contributed by atoms with Crippen LogP contribution in [0.4, 0.5) is 4.79 Å². The van der Waals surface area contributed by atoms with Gasteiger partial charge < -0.3 is 47.9 Å². The molecule has 0 radical (unpaired) electrons. The Bertz CT molecular complexity index is 1820. The van der Waals surface area contributed by atoms with E-state index >= 15 is 0 Å². The maximum Gasteiger partial charge on any atom is 0.410 e. The van der Waals surface area contributed by atoms with Crippen LogP contribution in [-0.4, -0.2) is 142 Å². The monoisotopic (exact) mass is 841 g/mol. The molecule has 3 aliphatic heterocycles. The first-order valence-corrected chi connectivity index (χ1v) is 21.3. The Morgan fingerprint density at radius 2 is 1.70 bits per heavy atom. The number of hydrogen-bond acceptors (Lipinski definition) is 14. The molecule has 3 aliphatic rings. The van der Waals surface area contributed by atoms with E-state index in [1.165, 1.54) is 14.0 Å². The Balaban J connectivity index is 1.43. The maximum atomic E-state index is 14.7. The van der Waals surface area contributed by atoms with E-state index in [1.54, 1.807) is 71.4 Å². The average Bonchev–Trinajstić information content (AvgIpc) is 3.80. The molecule has 2 aromatic rings. The van der Waals surface area contributed by atoms with Gasteiger partial charge in [-0.3, -0.25) is 19.4 Å². The van der Waals surface area contributed by atoms with Crippen molar-refractivity contribution in [3.8, 4) is 17.0 Å². The Morgan fingerprint density at radius 1 is 1.00 bits per heavy atom. The first-order valence-electron chi connectivity index (χ1n) is 21.3. The zero-order valence-corrected chi connectivity index (χ0v) is 37.5. The predicted octanol–water partition coefficient (Wildman–Crippen LogP) is 4.94. The number of Topliss-reactive ketones (excluding diaryl/α,β-unsaturated/α-hetero) is 2. The molecule has 0 aromatic carbocycles. The standard InChI is InChI=1S/C44H67N5O11/c1-13-34-44(8)38(49(42(54)60-44)19-15-14-18-48-23-31(46-24-48)30-22-45-17-16-33(30)55-11)27(4)35(50)25(2)21-43(7,56-12)39(28(5)36(51)29(6)40(53)58-34)59-41-37(52)32(47(9)10)20-26(3)57-41/h16-17,22-29,32,34,37-39,41,52H,13-15,18-21H2,1-12H3/t25-,26-,27+,28+,29-,32+,34-,37-,38-,39?,41?,43+,44-/m1/s1. The Morgan fingerprint density at radius 3 is 2.35 bits per heavy atom. The third-order valence-corrected chi connectivity index (χ3v) is 13.1. The van der Waals surface area contributed by atoms with Gasteiger partial charge in [0.2, 0.25) is 0 Å². The number of ether oxygens (including phenoxy) is 6. The van der Waals surface area contributed by atoms with Crippen LogP contribution < -0.4 is 4.74 Å². The molecule has 3 fully saturated rings. The van der Waals surface area contributed by atoms with Gasteiger partial charge in [-0.1, -0.05) is 27.7 Å². The van der Waals surface area contributed by atoms with Crippen LogP contribution in [0.5, 0.6) is 5.75 Å². The fourth-order valence-corrected chi connectivity index (χ4v) is 9.66. The van der Waals surface area contributed by atoms with Crippen molar-refractivity contribution in [2.45, 2.75) is 148 Å². The molecule has 0 spiro atoms. The van der Waals surface area contributed by atoms with Crippen LogP contribution in [0.15, 0.2) is 31.0 Å². The highest BCUT2D eigenvalue weighted by Gasteiger charge is 2.60. The van der Waals surface area contributed by atoms with Crippen LogP contribution in [-0.2, 0) is 44.6 Å². The van der Waals surface area contributed by atoms with Gasteiger partial charge in [0, 0.05) is 62.6 Å². The van der Waals surface area contributed by atoms with E-state index in [0.717, 1.165) is 11.3 Å². The molecule has 5 heterocycles. The summed E-state index contributed by atoms with van der Waals surface area (Å²) in [5, 5.41) is 11.5. The minimum Gasteiger partial charge on any atom is -0.496 e. The summed E-state index contributed by atoms with van der Waals surface area (Å²) in [6.45, 7) is 14.8. The number of imidazole rings is 1. The van der Waals surface area contributed by atoms with Gasteiger partial charge in [-0.25, -0.2) is 9.78 Å². The number of esters is 1. The Kier molecular flexibility index (Phi) is 15.2. The molecule has 16 heteroatoms. The van der Waals surface area contributed by atoms with E-state index in [9.17, 15) is 24.3 Å². The number of methoxy groups -OCH3 is 2. The van der Waals surface area contributed by atoms with E-state index < -0.39 is 83.4 Å². The minimum absolute atomic E-state index is 0.122. The zero-order valence-electron chi connectivity index (χ0n) is 37.5. The number of rotatable bonds is 12. The number of ketones is 2. The lowest BCUT2D eigenvalue weighted by Gasteiger charge is -2.47. The number of aliphatic hydroxyl groups is 1. The van der Waals surface area contributed by atoms with Crippen LogP contribution in [0.1, 0.15) is 87.5 Å². The number of carbonyl (C=O) groups excluding carboxylic acids is 4. The second-order valence-corrected chi connectivity index (χ2v) is 17.7. The summed E-state index contributed by atoms with van der Waals surface area (Å²) >= 11 is 0. The molecule has 3 saturated heterocycles. The smallest absolute Gasteiger partial charge is 0.410 e. The van der Waals surface area contributed by atoms with E-state index in [-0.39, 0.29) is 37.3 Å². The fraction of sp³-hybridized carbons (Fsp3) is 0.727. The topological polar surface area (TPSA) is 181 Å². The molecule has 2 aromatic heterocycles. The summed E-state index contributed by atoms with van der Waals surface area (Å²) in [4.78, 5) is 69.2.